The average Bonchev–Trinajstić information content (AvgIpc) is 2.79. The van der Waals surface area contributed by atoms with Crippen LogP contribution in [0.15, 0.2) is 42.9 Å². The number of sulfonamides is 1. The summed E-state index contributed by atoms with van der Waals surface area (Å²) in [6.45, 7) is 3.69. The zero-order chi connectivity index (χ0) is 21.7. The highest BCUT2D eigenvalue weighted by molar-refractivity contribution is 7.88. The highest BCUT2D eigenvalue weighted by atomic mass is 32.2. The van der Waals surface area contributed by atoms with Crippen molar-refractivity contribution in [3.8, 4) is 0 Å². The SMILES string of the molecule is CS(=O)(=O)NC1CCN(c2ccccn2)C[C@H]1COC1CCN(c2ncccn2)CC1. The Labute approximate surface area is 183 Å². The maximum atomic E-state index is 11.9. The molecule has 2 saturated heterocycles. The number of pyridine rings is 1. The summed E-state index contributed by atoms with van der Waals surface area (Å²) in [5.41, 5.74) is 0. The van der Waals surface area contributed by atoms with E-state index in [4.69, 9.17) is 4.74 Å². The molecular formula is C21H30N6O3S. The van der Waals surface area contributed by atoms with Gasteiger partial charge in [-0.2, -0.15) is 0 Å². The van der Waals surface area contributed by atoms with Crippen LogP contribution in [-0.4, -0.2) is 74.6 Å². The van der Waals surface area contributed by atoms with E-state index in [-0.39, 0.29) is 18.1 Å². The van der Waals surface area contributed by atoms with Crippen molar-refractivity contribution in [2.45, 2.75) is 31.4 Å². The molecule has 0 spiro atoms. The minimum atomic E-state index is -3.28. The van der Waals surface area contributed by atoms with E-state index < -0.39 is 10.0 Å². The van der Waals surface area contributed by atoms with Crippen LogP contribution in [0.4, 0.5) is 11.8 Å². The van der Waals surface area contributed by atoms with E-state index in [9.17, 15) is 8.42 Å². The van der Waals surface area contributed by atoms with Gasteiger partial charge in [-0.1, -0.05) is 6.07 Å². The lowest BCUT2D eigenvalue weighted by molar-refractivity contribution is 0.00744. The maximum absolute atomic E-state index is 11.9. The number of piperidine rings is 2. The molecule has 9 nitrogen and oxygen atoms in total. The summed E-state index contributed by atoms with van der Waals surface area (Å²) in [6.07, 6.45) is 9.21. The van der Waals surface area contributed by atoms with Crippen LogP contribution in [0.3, 0.4) is 0 Å². The minimum absolute atomic E-state index is 0.0565. The van der Waals surface area contributed by atoms with Gasteiger partial charge in [0.2, 0.25) is 16.0 Å². The largest absolute Gasteiger partial charge is 0.378 e. The zero-order valence-corrected chi connectivity index (χ0v) is 18.6. The van der Waals surface area contributed by atoms with Gasteiger partial charge in [0, 0.05) is 56.7 Å². The van der Waals surface area contributed by atoms with Crippen molar-refractivity contribution in [3.63, 3.8) is 0 Å². The normalized spacial score (nSPS) is 23.1. The van der Waals surface area contributed by atoms with Crippen LogP contribution in [0, 0.1) is 5.92 Å². The summed E-state index contributed by atoms with van der Waals surface area (Å²) in [4.78, 5) is 17.5. The molecule has 0 aromatic carbocycles. The van der Waals surface area contributed by atoms with Gasteiger partial charge in [0.05, 0.1) is 19.0 Å². The second-order valence-corrected chi connectivity index (χ2v) is 10.0. The van der Waals surface area contributed by atoms with Gasteiger partial charge in [0.25, 0.3) is 0 Å². The fraction of sp³-hybridized carbons (Fsp3) is 0.571. The fourth-order valence-corrected chi connectivity index (χ4v) is 5.18. The predicted octanol–water partition coefficient (Wildman–Crippen LogP) is 1.30. The molecule has 0 bridgehead atoms. The smallest absolute Gasteiger partial charge is 0.225 e. The Hall–Kier alpha value is -2.30. The number of ether oxygens (including phenoxy) is 1. The van der Waals surface area contributed by atoms with Crippen LogP contribution in [0.2, 0.25) is 0 Å². The Bertz CT molecular complexity index is 923. The molecule has 2 aromatic rings. The van der Waals surface area contributed by atoms with Crippen molar-refractivity contribution < 1.29 is 13.2 Å². The Morgan fingerprint density at radius 2 is 1.71 bits per heavy atom. The number of hydrogen-bond donors (Lipinski definition) is 1. The lowest BCUT2D eigenvalue weighted by Gasteiger charge is -2.40. The minimum Gasteiger partial charge on any atom is -0.378 e. The molecule has 2 atom stereocenters. The van der Waals surface area contributed by atoms with Crippen molar-refractivity contribution >= 4 is 21.8 Å². The molecule has 0 radical (unpaired) electrons. The van der Waals surface area contributed by atoms with E-state index in [0.717, 1.165) is 50.7 Å². The first-order valence-electron chi connectivity index (χ1n) is 10.7. The van der Waals surface area contributed by atoms with Crippen LogP contribution in [0.1, 0.15) is 19.3 Å². The molecule has 4 rings (SSSR count). The summed E-state index contributed by atoms with van der Waals surface area (Å²) in [6, 6.07) is 7.55. The Morgan fingerprint density at radius 1 is 1.00 bits per heavy atom. The molecule has 10 heteroatoms. The van der Waals surface area contributed by atoms with Crippen LogP contribution in [0.5, 0.6) is 0 Å². The summed E-state index contributed by atoms with van der Waals surface area (Å²) in [5.74, 6) is 1.74. The van der Waals surface area contributed by atoms with E-state index in [2.05, 4.69) is 29.5 Å². The summed E-state index contributed by atoms with van der Waals surface area (Å²) in [5, 5.41) is 0. The molecule has 2 aliphatic heterocycles. The van der Waals surface area contributed by atoms with Crippen LogP contribution in [-0.2, 0) is 14.8 Å². The zero-order valence-electron chi connectivity index (χ0n) is 17.8. The van der Waals surface area contributed by atoms with Crippen molar-refractivity contribution in [3.05, 3.63) is 42.9 Å². The summed E-state index contributed by atoms with van der Waals surface area (Å²) < 4.78 is 32.9. The third kappa shape index (κ3) is 6.11. The van der Waals surface area contributed by atoms with E-state index in [1.807, 2.05) is 24.3 Å². The first-order valence-corrected chi connectivity index (χ1v) is 12.6. The van der Waals surface area contributed by atoms with E-state index in [0.29, 0.717) is 13.2 Å². The molecule has 31 heavy (non-hydrogen) atoms. The molecule has 168 valence electrons. The van der Waals surface area contributed by atoms with Crippen molar-refractivity contribution in [1.82, 2.24) is 19.7 Å². The van der Waals surface area contributed by atoms with Crippen molar-refractivity contribution in [1.29, 1.82) is 0 Å². The number of hydrogen-bond acceptors (Lipinski definition) is 8. The van der Waals surface area contributed by atoms with Crippen LogP contribution >= 0.6 is 0 Å². The lowest BCUT2D eigenvalue weighted by Crippen LogP contribution is -2.53. The van der Waals surface area contributed by atoms with Gasteiger partial charge in [-0.15, -0.1) is 0 Å². The first-order chi connectivity index (χ1) is 15.0. The highest BCUT2D eigenvalue weighted by Gasteiger charge is 2.33. The van der Waals surface area contributed by atoms with Crippen LogP contribution < -0.4 is 14.5 Å². The molecule has 2 aliphatic rings. The standard InChI is InChI=1S/C21H30N6O3S/c1-31(28,29)25-19-8-14-27(20-5-2-3-9-22-20)15-17(19)16-30-18-6-12-26(13-7-18)21-23-10-4-11-24-21/h2-5,9-11,17-19,25H,6-8,12-16H2,1H3/t17-,19?/m0/s1. The monoisotopic (exact) mass is 446 g/mol. The third-order valence-electron chi connectivity index (χ3n) is 5.90. The molecular weight excluding hydrogens is 416 g/mol. The molecule has 1 N–H and O–H groups in total. The number of rotatable bonds is 7. The number of aromatic nitrogens is 3. The summed E-state index contributed by atoms with van der Waals surface area (Å²) in [7, 11) is -3.28. The maximum Gasteiger partial charge on any atom is 0.225 e. The molecule has 0 aliphatic carbocycles. The van der Waals surface area contributed by atoms with Gasteiger partial charge in [0.15, 0.2) is 0 Å². The molecule has 4 heterocycles. The van der Waals surface area contributed by atoms with Gasteiger partial charge in [0.1, 0.15) is 5.82 Å². The quantitative estimate of drug-likeness (QED) is 0.679. The Kier molecular flexibility index (Phi) is 6.99. The molecule has 0 saturated carbocycles. The first kappa shape index (κ1) is 21.9. The number of nitrogens with one attached hydrogen (secondary N) is 1. The Balaban J connectivity index is 1.34. The second-order valence-electron chi connectivity index (χ2n) is 8.25. The Morgan fingerprint density at radius 3 is 2.39 bits per heavy atom. The number of anilines is 2. The van der Waals surface area contributed by atoms with Crippen molar-refractivity contribution in [2.75, 3.05) is 48.8 Å². The fourth-order valence-electron chi connectivity index (χ4n) is 4.32. The van der Waals surface area contributed by atoms with Gasteiger partial charge >= 0.3 is 0 Å². The average molecular weight is 447 g/mol. The lowest BCUT2D eigenvalue weighted by atomic mass is 9.93. The van der Waals surface area contributed by atoms with E-state index in [1.54, 1.807) is 18.6 Å². The highest BCUT2D eigenvalue weighted by Crippen LogP contribution is 2.25. The topological polar surface area (TPSA) is 101 Å². The summed E-state index contributed by atoms with van der Waals surface area (Å²) >= 11 is 0. The molecule has 1 unspecified atom stereocenters. The van der Waals surface area contributed by atoms with E-state index >= 15 is 0 Å². The van der Waals surface area contributed by atoms with E-state index in [1.165, 1.54) is 6.26 Å². The third-order valence-corrected chi connectivity index (χ3v) is 6.63. The van der Waals surface area contributed by atoms with Gasteiger partial charge in [-0.25, -0.2) is 28.1 Å². The molecule has 0 amide bonds. The predicted molar refractivity (Wildman–Crippen MR) is 120 cm³/mol. The van der Waals surface area contributed by atoms with Gasteiger partial charge < -0.3 is 14.5 Å². The van der Waals surface area contributed by atoms with Gasteiger partial charge in [-0.05, 0) is 37.5 Å². The second kappa shape index (κ2) is 9.88. The number of nitrogens with zero attached hydrogens (tertiary/aromatic N) is 5. The van der Waals surface area contributed by atoms with Crippen molar-refractivity contribution in [2.24, 2.45) is 5.92 Å². The molecule has 2 fully saturated rings. The van der Waals surface area contributed by atoms with Crippen LogP contribution in [0.25, 0.3) is 0 Å². The van der Waals surface area contributed by atoms with Gasteiger partial charge in [-0.3, -0.25) is 0 Å². The molecule has 2 aromatic heterocycles.